The molecule has 180 valence electrons. The Morgan fingerprint density at radius 3 is 2.37 bits per heavy atom. The van der Waals surface area contributed by atoms with E-state index < -0.39 is 5.97 Å². The number of hydrogen-bond acceptors (Lipinski definition) is 4. The van der Waals surface area contributed by atoms with E-state index in [-0.39, 0.29) is 12.5 Å². The molecular formula is C29H30N2O4. The summed E-state index contributed by atoms with van der Waals surface area (Å²) in [5.41, 5.74) is 6.68. The van der Waals surface area contributed by atoms with Crippen molar-refractivity contribution >= 4 is 23.6 Å². The second-order valence-corrected chi connectivity index (χ2v) is 8.55. The van der Waals surface area contributed by atoms with E-state index in [1.165, 1.54) is 0 Å². The van der Waals surface area contributed by atoms with Crippen molar-refractivity contribution in [2.24, 2.45) is 0 Å². The van der Waals surface area contributed by atoms with Crippen molar-refractivity contribution in [3.05, 3.63) is 94.0 Å². The molecular weight excluding hydrogens is 440 g/mol. The first kappa shape index (κ1) is 24.1. The molecule has 2 heterocycles. The molecule has 0 unspecified atom stereocenters. The zero-order chi connectivity index (χ0) is 25.3. The molecule has 1 aliphatic heterocycles. The lowest BCUT2D eigenvalue weighted by Gasteiger charge is -2.17. The summed E-state index contributed by atoms with van der Waals surface area (Å²) in [7, 11) is 1.65. The fourth-order valence-electron chi connectivity index (χ4n) is 4.60. The maximum Gasteiger partial charge on any atom is 0.340 e. The highest BCUT2D eigenvalue weighted by Gasteiger charge is 2.38. The quantitative estimate of drug-likeness (QED) is 0.344. The molecule has 0 aliphatic carbocycles. The number of carbonyl (C=O) groups is 2. The number of esters is 1. The summed E-state index contributed by atoms with van der Waals surface area (Å²) >= 11 is 0. The molecule has 0 N–H and O–H groups in total. The van der Waals surface area contributed by atoms with Gasteiger partial charge in [0, 0.05) is 22.8 Å². The smallest absolute Gasteiger partial charge is 0.340 e. The Morgan fingerprint density at radius 2 is 1.71 bits per heavy atom. The first-order valence-corrected chi connectivity index (χ1v) is 11.6. The average molecular weight is 471 g/mol. The Labute approximate surface area is 206 Å². The summed E-state index contributed by atoms with van der Waals surface area (Å²) in [6.45, 7) is 9.80. The molecule has 0 saturated heterocycles. The van der Waals surface area contributed by atoms with E-state index in [4.69, 9.17) is 9.47 Å². The van der Waals surface area contributed by atoms with Gasteiger partial charge in [0.1, 0.15) is 5.75 Å². The first-order valence-electron chi connectivity index (χ1n) is 11.6. The van der Waals surface area contributed by atoms with Crippen LogP contribution in [0.25, 0.3) is 11.8 Å². The Kier molecular flexibility index (Phi) is 6.65. The van der Waals surface area contributed by atoms with E-state index in [1.807, 2.05) is 69.3 Å². The maximum atomic E-state index is 13.6. The van der Waals surface area contributed by atoms with Crippen molar-refractivity contribution in [1.29, 1.82) is 0 Å². The Morgan fingerprint density at radius 1 is 1.00 bits per heavy atom. The number of allylic oxidation sites excluding steroid dienone is 1. The number of aryl methyl sites for hydroxylation is 2. The Balaban J connectivity index is 1.87. The third-order valence-corrected chi connectivity index (χ3v) is 6.24. The standard InChI is InChI=1S/C29H30N2O4/c1-7-35-29(33)27-21(5)31(23-11-9-8-10-12-23)28(32)24(27)17-22-16-19(3)30(20(22)4)25-15-18(2)13-14-26(25)34-6/h8-17H,7H2,1-6H3/b24-17-. The van der Waals surface area contributed by atoms with Gasteiger partial charge in [-0.25, -0.2) is 4.79 Å². The molecule has 0 atom stereocenters. The van der Waals surface area contributed by atoms with Crippen LogP contribution in [0.2, 0.25) is 0 Å². The minimum atomic E-state index is -0.503. The Hall–Kier alpha value is -4.06. The number of amides is 1. The van der Waals surface area contributed by atoms with Crippen LogP contribution in [-0.4, -0.2) is 30.2 Å². The van der Waals surface area contributed by atoms with Gasteiger partial charge in [-0.15, -0.1) is 0 Å². The number of nitrogens with zero attached hydrogens (tertiary/aromatic N) is 2. The van der Waals surface area contributed by atoms with Crippen LogP contribution in [0.15, 0.2) is 71.4 Å². The van der Waals surface area contributed by atoms with Crippen molar-refractivity contribution in [2.45, 2.75) is 34.6 Å². The molecule has 0 radical (unpaired) electrons. The van der Waals surface area contributed by atoms with Crippen LogP contribution in [0.5, 0.6) is 5.75 Å². The number of anilines is 1. The predicted molar refractivity (Wildman–Crippen MR) is 138 cm³/mol. The van der Waals surface area contributed by atoms with Crippen molar-refractivity contribution in [3.8, 4) is 11.4 Å². The fraction of sp³-hybridized carbons (Fsp3) is 0.241. The number of rotatable bonds is 6. The zero-order valence-corrected chi connectivity index (χ0v) is 21.0. The average Bonchev–Trinajstić information content (AvgIpc) is 3.25. The van der Waals surface area contributed by atoms with Crippen LogP contribution in [0.4, 0.5) is 5.69 Å². The topological polar surface area (TPSA) is 60.8 Å². The number of benzene rings is 2. The van der Waals surface area contributed by atoms with E-state index in [1.54, 1.807) is 31.9 Å². The van der Waals surface area contributed by atoms with Crippen molar-refractivity contribution < 1.29 is 19.1 Å². The van der Waals surface area contributed by atoms with E-state index in [9.17, 15) is 9.59 Å². The third kappa shape index (κ3) is 4.28. The molecule has 6 nitrogen and oxygen atoms in total. The summed E-state index contributed by atoms with van der Waals surface area (Å²) < 4.78 is 13.0. The van der Waals surface area contributed by atoms with Crippen LogP contribution >= 0.6 is 0 Å². The lowest BCUT2D eigenvalue weighted by molar-refractivity contribution is -0.138. The minimum Gasteiger partial charge on any atom is -0.495 e. The van der Waals surface area contributed by atoms with E-state index in [2.05, 4.69) is 10.6 Å². The summed E-state index contributed by atoms with van der Waals surface area (Å²) in [6.07, 6.45) is 1.79. The van der Waals surface area contributed by atoms with Crippen molar-refractivity contribution in [1.82, 2.24) is 4.57 Å². The molecule has 0 fully saturated rings. The number of para-hydroxylation sites is 1. The van der Waals surface area contributed by atoms with Crippen molar-refractivity contribution in [2.75, 3.05) is 18.6 Å². The number of hydrogen-bond donors (Lipinski definition) is 0. The SMILES string of the molecule is CCOC(=O)C1=C(C)N(c2ccccc2)C(=O)/C1=C\c1cc(C)n(-c2cc(C)ccc2OC)c1C. The van der Waals surface area contributed by atoms with Gasteiger partial charge >= 0.3 is 5.97 Å². The number of methoxy groups -OCH3 is 1. The fourth-order valence-corrected chi connectivity index (χ4v) is 4.60. The molecule has 1 aliphatic rings. The molecule has 1 aromatic heterocycles. The van der Waals surface area contributed by atoms with Gasteiger partial charge in [-0.05, 0) is 82.2 Å². The third-order valence-electron chi connectivity index (χ3n) is 6.24. The van der Waals surface area contributed by atoms with E-state index in [0.717, 1.165) is 34.0 Å². The van der Waals surface area contributed by atoms with Gasteiger partial charge in [-0.3, -0.25) is 9.69 Å². The van der Waals surface area contributed by atoms with Gasteiger partial charge in [-0.1, -0.05) is 24.3 Å². The van der Waals surface area contributed by atoms with Crippen LogP contribution in [0.1, 0.15) is 36.4 Å². The lowest BCUT2D eigenvalue weighted by atomic mass is 10.0. The van der Waals surface area contributed by atoms with Crippen LogP contribution in [0, 0.1) is 20.8 Å². The number of ether oxygens (including phenoxy) is 2. The molecule has 1 amide bonds. The van der Waals surface area contributed by atoms with Crippen LogP contribution in [0.3, 0.4) is 0 Å². The van der Waals surface area contributed by atoms with Gasteiger partial charge < -0.3 is 14.0 Å². The van der Waals surface area contributed by atoms with Gasteiger partial charge in [0.25, 0.3) is 5.91 Å². The van der Waals surface area contributed by atoms with E-state index in [0.29, 0.717) is 22.5 Å². The molecule has 0 bridgehead atoms. The first-order chi connectivity index (χ1) is 16.8. The largest absolute Gasteiger partial charge is 0.495 e. The highest BCUT2D eigenvalue weighted by molar-refractivity contribution is 6.23. The van der Waals surface area contributed by atoms with Gasteiger partial charge in [0.05, 0.1) is 30.6 Å². The molecule has 0 spiro atoms. The summed E-state index contributed by atoms with van der Waals surface area (Å²) in [6, 6.07) is 17.4. The molecule has 35 heavy (non-hydrogen) atoms. The molecule has 2 aromatic carbocycles. The van der Waals surface area contributed by atoms with Crippen LogP contribution < -0.4 is 9.64 Å². The molecule has 4 rings (SSSR count). The summed E-state index contributed by atoms with van der Waals surface area (Å²) in [5.74, 6) is -0.00126. The van der Waals surface area contributed by atoms with Crippen molar-refractivity contribution in [3.63, 3.8) is 0 Å². The van der Waals surface area contributed by atoms with Gasteiger partial charge in [-0.2, -0.15) is 0 Å². The highest BCUT2D eigenvalue weighted by atomic mass is 16.5. The predicted octanol–water partition coefficient (Wildman–Crippen LogP) is 5.68. The molecule has 6 heteroatoms. The lowest BCUT2D eigenvalue weighted by Crippen LogP contribution is -2.24. The van der Waals surface area contributed by atoms with E-state index >= 15 is 0 Å². The normalized spacial score (nSPS) is 14.7. The highest BCUT2D eigenvalue weighted by Crippen LogP contribution is 2.37. The summed E-state index contributed by atoms with van der Waals surface area (Å²) in [4.78, 5) is 28.2. The second kappa shape index (κ2) is 9.66. The van der Waals surface area contributed by atoms with Gasteiger partial charge in [0.15, 0.2) is 0 Å². The minimum absolute atomic E-state index is 0.226. The second-order valence-electron chi connectivity index (χ2n) is 8.55. The number of aromatic nitrogens is 1. The molecule has 0 saturated carbocycles. The summed E-state index contributed by atoms with van der Waals surface area (Å²) in [5, 5.41) is 0. The Bertz CT molecular complexity index is 1360. The van der Waals surface area contributed by atoms with Crippen LogP contribution in [-0.2, 0) is 14.3 Å². The van der Waals surface area contributed by atoms with Gasteiger partial charge in [0.2, 0.25) is 0 Å². The maximum absolute atomic E-state index is 13.6. The molecule has 3 aromatic rings. The number of carbonyl (C=O) groups excluding carboxylic acids is 2. The monoisotopic (exact) mass is 470 g/mol. The zero-order valence-electron chi connectivity index (χ0n) is 21.0.